The van der Waals surface area contributed by atoms with Crippen LogP contribution in [0.15, 0.2) is 5.10 Å². The number of nitrogens with zero attached hydrogens (tertiary/aromatic N) is 1. The number of hydrogen-bond acceptors (Lipinski definition) is 2. The molecule has 2 aliphatic rings. The summed E-state index contributed by atoms with van der Waals surface area (Å²) in [6.45, 7) is 2.21. The highest BCUT2D eigenvalue weighted by molar-refractivity contribution is 5.90. The molecule has 2 fully saturated rings. The lowest BCUT2D eigenvalue weighted by Gasteiger charge is -2.11. The Balaban J connectivity index is 1.59. The van der Waals surface area contributed by atoms with E-state index in [1.165, 1.54) is 50.7 Å². The summed E-state index contributed by atoms with van der Waals surface area (Å²) < 4.78 is 0. The molecule has 0 aliphatic heterocycles. The van der Waals surface area contributed by atoms with Gasteiger partial charge in [0.15, 0.2) is 0 Å². The minimum absolute atomic E-state index is 0.0989. The lowest BCUT2D eigenvalue weighted by molar-refractivity contribution is -0.121. The highest BCUT2D eigenvalue weighted by Crippen LogP contribution is 2.42. The van der Waals surface area contributed by atoms with Gasteiger partial charge in [0.2, 0.25) is 5.91 Å². The van der Waals surface area contributed by atoms with Crippen LogP contribution in [0.25, 0.3) is 0 Å². The number of amides is 1. The summed E-state index contributed by atoms with van der Waals surface area (Å²) in [5.74, 6) is 1.64. The second-order valence-electron chi connectivity index (χ2n) is 5.88. The van der Waals surface area contributed by atoms with Crippen LogP contribution >= 0.6 is 0 Å². The van der Waals surface area contributed by atoms with Crippen LogP contribution in [0.5, 0.6) is 0 Å². The van der Waals surface area contributed by atoms with Gasteiger partial charge in [0.25, 0.3) is 0 Å². The van der Waals surface area contributed by atoms with Crippen LogP contribution in [-0.4, -0.2) is 11.6 Å². The standard InChI is InChI=1S/C15H26N2O/c1-2-3-4-5-6-7-15(18)17-16-14-11-12-8-9-13(14)10-12/h12-13H,2-11H2,1H3,(H,17,18). The zero-order valence-corrected chi connectivity index (χ0v) is 11.6. The van der Waals surface area contributed by atoms with Gasteiger partial charge in [0, 0.05) is 12.1 Å². The molecule has 2 unspecified atom stereocenters. The second kappa shape index (κ2) is 6.91. The maximum absolute atomic E-state index is 11.6. The van der Waals surface area contributed by atoms with Gasteiger partial charge in [-0.25, -0.2) is 5.43 Å². The fourth-order valence-corrected chi connectivity index (χ4v) is 3.24. The predicted octanol–water partition coefficient (Wildman–Crippen LogP) is 3.64. The highest BCUT2D eigenvalue weighted by atomic mass is 16.2. The Labute approximate surface area is 110 Å². The number of rotatable bonds is 7. The second-order valence-corrected chi connectivity index (χ2v) is 5.88. The van der Waals surface area contributed by atoms with E-state index in [0.29, 0.717) is 12.3 Å². The van der Waals surface area contributed by atoms with Crippen molar-refractivity contribution in [2.75, 3.05) is 0 Å². The average Bonchev–Trinajstić information content (AvgIpc) is 2.98. The van der Waals surface area contributed by atoms with E-state index in [2.05, 4.69) is 17.5 Å². The molecule has 0 saturated heterocycles. The first-order chi connectivity index (χ1) is 8.79. The third-order valence-corrected chi connectivity index (χ3v) is 4.34. The summed E-state index contributed by atoms with van der Waals surface area (Å²) in [6.07, 6.45) is 11.7. The predicted molar refractivity (Wildman–Crippen MR) is 74.4 cm³/mol. The monoisotopic (exact) mass is 250 g/mol. The molecule has 2 rings (SSSR count). The molecule has 2 bridgehead atoms. The molecule has 1 N–H and O–H groups in total. The molecule has 2 aliphatic carbocycles. The average molecular weight is 250 g/mol. The van der Waals surface area contributed by atoms with E-state index < -0.39 is 0 Å². The van der Waals surface area contributed by atoms with Crippen molar-refractivity contribution in [1.29, 1.82) is 0 Å². The van der Waals surface area contributed by atoms with Gasteiger partial charge in [-0.15, -0.1) is 0 Å². The molecular formula is C15H26N2O. The lowest BCUT2D eigenvalue weighted by atomic mass is 9.99. The Morgan fingerprint density at radius 2 is 2.11 bits per heavy atom. The Hall–Kier alpha value is -0.860. The zero-order valence-electron chi connectivity index (χ0n) is 11.6. The SMILES string of the molecule is CCCCCCCC(=O)NN=C1CC2CCC1C2. The van der Waals surface area contributed by atoms with Crippen molar-refractivity contribution in [3.8, 4) is 0 Å². The molecule has 102 valence electrons. The maximum atomic E-state index is 11.6. The summed E-state index contributed by atoms with van der Waals surface area (Å²) in [4.78, 5) is 11.6. The van der Waals surface area contributed by atoms with E-state index in [4.69, 9.17) is 0 Å². The maximum Gasteiger partial charge on any atom is 0.240 e. The lowest BCUT2D eigenvalue weighted by Crippen LogP contribution is -2.21. The summed E-state index contributed by atoms with van der Waals surface area (Å²) >= 11 is 0. The fraction of sp³-hybridized carbons (Fsp3) is 0.867. The summed E-state index contributed by atoms with van der Waals surface area (Å²) in [7, 11) is 0. The van der Waals surface area contributed by atoms with E-state index in [1.807, 2.05) is 0 Å². The van der Waals surface area contributed by atoms with Gasteiger partial charge in [-0.05, 0) is 43.9 Å². The smallest absolute Gasteiger partial charge is 0.240 e. The van der Waals surface area contributed by atoms with Crippen LogP contribution in [0, 0.1) is 11.8 Å². The van der Waals surface area contributed by atoms with Crippen molar-refractivity contribution in [2.45, 2.75) is 71.1 Å². The van der Waals surface area contributed by atoms with Gasteiger partial charge < -0.3 is 0 Å². The number of nitrogens with one attached hydrogen (secondary N) is 1. The summed E-state index contributed by atoms with van der Waals surface area (Å²) in [6, 6.07) is 0. The molecule has 0 spiro atoms. The molecule has 0 aromatic rings. The van der Waals surface area contributed by atoms with Crippen molar-refractivity contribution in [2.24, 2.45) is 16.9 Å². The van der Waals surface area contributed by atoms with Crippen LogP contribution in [0.2, 0.25) is 0 Å². The third kappa shape index (κ3) is 3.82. The molecule has 0 heterocycles. The van der Waals surface area contributed by atoms with Crippen molar-refractivity contribution in [1.82, 2.24) is 5.43 Å². The quantitative estimate of drug-likeness (QED) is 0.544. The Morgan fingerprint density at radius 3 is 2.78 bits per heavy atom. The molecule has 0 radical (unpaired) electrons. The van der Waals surface area contributed by atoms with Gasteiger partial charge >= 0.3 is 0 Å². The normalized spacial score (nSPS) is 27.9. The van der Waals surface area contributed by atoms with Crippen LogP contribution in [0.1, 0.15) is 71.1 Å². The number of unbranched alkanes of at least 4 members (excludes halogenated alkanes) is 4. The third-order valence-electron chi connectivity index (χ3n) is 4.34. The Kier molecular flexibility index (Phi) is 5.21. The van der Waals surface area contributed by atoms with E-state index in [1.54, 1.807) is 0 Å². The molecule has 1 amide bonds. The molecule has 3 nitrogen and oxygen atoms in total. The number of carbonyl (C=O) groups excluding carboxylic acids is 1. The van der Waals surface area contributed by atoms with Gasteiger partial charge in [0.05, 0.1) is 0 Å². The molecular weight excluding hydrogens is 224 g/mol. The van der Waals surface area contributed by atoms with Crippen LogP contribution in [0.3, 0.4) is 0 Å². The van der Waals surface area contributed by atoms with E-state index >= 15 is 0 Å². The van der Waals surface area contributed by atoms with Crippen LogP contribution in [-0.2, 0) is 4.79 Å². The minimum Gasteiger partial charge on any atom is -0.273 e. The van der Waals surface area contributed by atoms with Gasteiger partial charge in [-0.1, -0.05) is 32.6 Å². The Bertz CT molecular complexity index is 312. The van der Waals surface area contributed by atoms with E-state index in [0.717, 1.165) is 18.8 Å². The van der Waals surface area contributed by atoms with Crippen molar-refractivity contribution in [3.05, 3.63) is 0 Å². The molecule has 18 heavy (non-hydrogen) atoms. The zero-order chi connectivity index (χ0) is 12.8. The first kappa shape index (κ1) is 13.6. The number of fused-ring (bicyclic) bond motifs is 2. The largest absolute Gasteiger partial charge is 0.273 e. The van der Waals surface area contributed by atoms with Crippen molar-refractivity contribution < 1.29 is 4.79 Å². The first-order valence-electron chi connectivity index (χ1n) is 7.65. The van der Waals surface area contributed by atoms with Crippen molar-refractivity contribution in [3.63, 3.8) is 0 Å². The molecule has 3 heteroatoms. The Morgan fingerprint density at radius 1 is 1.28 bits per heavy atom. The first-order valence-corrected chi connectivity index (χ1v) is 7.65. The molecule has 2 atom stereocenters. The molecule has 2 saturated carbocycles. The minimum atomic E-state index is 0.0989. The fourth-order valence-electron chi connectivity index (χ4n) is 3.24. The van der Waals surface area contributed by atoms with Gasteiger partial charge in [0.1, 0.15) is 0 Å². The number of hydrogen-bond donors (Lipinski definition) is 1. The molecule has 0 aromatic heterocycles. The van der Waals surface area contributed by atoms with Gasteiger partial charge in [-0.2, -0.15) is 5.10 Å². The van der Waals surface area contributed by atoms with Gasteiger partial charge in [-0.3, -0.25) is 4.79 Å². The summed E-state index contributed by atoms with van der Waals surface area (Å²) in [5, 5.41) is 4.34. The van der Waals surface area contributed by atoms with Crippen LogP contribution in [0.4, 0.5) is 0 Å². The number of carbonyl (C=O) groups is 1. The summed E-state index contributed by atoms with van der Waals surface area (Å²) in [5.41, 5.74) is 4.00. The topological polar surface area (TPSA) is 41.5 Å². The van der Waals surface area contributed by atoms with E-state index in [-0.39, 0.29) is 5.91 Å². The number of hydrazone groups is 1. The van der Waals surface area contributed by atoms with Crippen LogP contribution < -0.4 is 5.43 Å². The highest BCUT2D eigenvalue weighted by Gasteiger charge is 2.36. The molecule has 0 aromatic carbocycles. The van der Waals surface area contributed by atoms with E-state index in [9.17, 15) is 4.79 Å². The van der Waals surface area contributed by atoms with Crippen molar-refractivity contribution >= 4 is 11.6 Å².